The molecule has 192 valence electrons. The summed E-state index contributed by atoms with van der Waals surface area (Å²) >= 11 is 6.65. The van der Waals surface area contributed by atoms with Crippen LogP contribution in [-0.4, -0.2) is 33.8 Å². The fourth-order valence-electron chi connectivity index (χ4n) is 4.38. The Bertz CT molecular complexity index is 1660. The van der Waals surface area contributed by atoms with E-state index in [-0.39, 0.29) is 16.3 Å². The molecule has 39 heavy (non-hydrogen) atoms. The summed E-state index contributed by atoms with van der Waals surface area (Å²) in [5.74, 6) is -2.36. The Kier molecular flexibility index (Phi) is 6.17. The number of nitriles is 1. The van der Waals surface area contributed by atoms with Crippen molar-refractivity contribution in [1.82, 2.24) is 30.9 Å². The van der Waals surface area contributed by atoms with Crippen molar-refractivity contribution in [2.75, 3.05) is 10.6 Å². The number of hydrogen-bond donors (Lipinski definition) is 4. The third kappa shape index (κ3) is 4.67. The first-order valence-electron chi connectivity index (χ1n) is 12.0. The zero-order valence-corrected chi connectivity index (χ0v) is 21.0. The average molecular weight is 542 g/mol. The lowest BCUT2D eigenvalue weighted by Crippen LogP contribution is -2.45. The van der Waals surface area contributed by atoms with Gasteiger partial charge in [0.2, 0.25) is 5.95 Å². The van der Waals surface area contributed by atoms with Crippen LogP contribution in [0.25, 0.3) is 10.9 Å². The molecule has 2 aliphatic rings. The quantitative estimate of drug-likeness (QED) is 0.200. The normalized spacial score (nSPS) is 16.3. The molecule has 1 aliphatic heterocycles. The minimum Gasteiger partial charge on any atom is -0.378 e. The van der Waals surface area contributed by atoms with Crippen molar-refractivity contribution in [2.45, 2.75) is 24.3 Å². The minimum absolute atomic E-state index is 0.141. The Labute approximate surface area is 228 Å². The van der Waals surface area contributed by atoms with Crippen LogP contribution in [0, 0.1) is 23.1 Å². The molecule has 0 spiro atoms. The van der Waals surface area contributed by atoms with Crippen LogP contribution in [0.5, 0.6) is 0 Å². The zero-order valence-electron chi connectivity index (χ0n) is 20.2. The SMILES string of the molecule is [B]C(Nc1cc(Cl)c2ncc(C#N)c(Nc3cnc(F)c(F)c3)c2c1)(C1=CN(C2CC2)NN1)c1cccnc1. The molecule has 2 radical (unpaired) electrons. The Morgan fingerprint density at radius 1 is 1.15 bits per heavy atom. The van der Waals surface area contributed by atoms with Gasteiger partial charge in [0.05, 0.1) is 44.8 Å². The van der Waals surface area contributed by atoms with Gasteiger partial charge in [0.1, 0.15) is 13.9 Å². The summed E-state index contributed by atoms with van der Waals surface area (Å²) in [5, 5.41) is 18.8. The predicted octanol–water partition coefficient (Wildman–Crippen LogP) is 4.33. The van der Waals surface area contributed by atoms with Crippen LogP contribution in [0.2, 0.25) is 5.02 Å². The second-order valence-corrected chi connectivity index (χ2v) is 9.63. The summed E-state index contributed by atoms with van der Waals surface area (Å²) in [6, 6.07) is 10.4. The molecule has 0 saturated heterocycles. The summed E-state index contributed by atoms with van der Waals surface area (Å²) < 4.78 is 27.3. The summed E-state index contributed by atoms with van der Waals surface area (Å²) in [6.45, 7) is 0. The van der Waals surface area contributed by atoms with Crippen molar-refractivity contribution in [1.29, 1.82) is 5.26 Å². The molecule has 6 rings (SSSR count). The van der Waals surface area contributed by atoms with Gasteiger partial charge >= 0.3 is 0 Å². The van der Waals surface area contributed by atoms with E-state index in [2.05, 4.69) is 42.6 Å². The van der Waals surface area contributed by atoms with Crippen LogP contribution < -0.4 is 21.6 Å². The van der Waals surface area contributed by atoms with Gasteiger partial charge in [-0.1, -0.05) is 17.7 Å². The maximum absolute atomic E-state index is 13.9. The van der Waals surface area contributed by atoms with Crippen LogP contribution in [0.3, 0.4) is 0 Å². The number of aromatic nitrogens is 3. The molecule has 9 nitrogen and oxygen atoms in total. The first-order chi connectivity index (χ1) is 18.9. The third-order valence-electron chi connectivity index (χ3n) is 6.52. The van der Waals surface area contributed by atoms with E-state index in [4.69, 9.17) is 19.4 Å². The van der Waals surface area contributed by atoms with Crippen LogP contribution in [0.4, 0.5) is 25.8 Å². The van der Waals surface area contributed by atoms with Gasteiger partial charge in [-0.25, -0.2) is 9.37 Å². The van der Waals surface area contributed by atoms with Crippen molar-refractivity contribution >= 4 is 47.4 Å². The van der Waals surface area contributed by atoms with Gasteiger partial charge in [-0.15, -0.1) is 5.53 Å². The monoisotopic (exact) mass is 541 g/mol. The van der Waals surface area contributed by atoms with E-state index in [1.807, 2.05) is 17.3 Å². The molecule has 4 aromatic rings. The molecule has 1 atom stereocenters. The molecule has 13 heteroatoms. The summed E-state index contributed by atoms with van der Waals surface area (Å²) in [6.07, 6.45) is 9.87. The molecule has 4 heterocycles. The number of pyridine rings is 3. The van der Waals surface area contributed by atoms with E-state index in [0.717, 1.165) is 25.1 Å². The second kappa shape index (κ2) is 9.69. The molecular formula is C26H19BClF2N9. The summed E-state index contributed by atoms with van der Waals surface area (Å²) in [7, 11) is 7.02. The lowest BCUT2D eigenvalue weighted by Gasteiger charge is -2.34. The van der Waals surface area contributed by atoms with Gasteiger partial charge in [0.15, 0.2) is 5.82 Å². The van der Waals surface area contributed by atoms with Gasteiger partial charge in [0, 0.05) is 48.0 Å². The van der Waals surface area contributed by atoms with Crippen molar-refractivity contribution in [2.24, 2.45) is 0 Å². The molecular weight excluding hydrogens is 523 g/mol. The predicted molar refractivity (Wildman–Crippen MR) is 143 cm³/mol. The van der Waals surface area contributed by atoms with Crippen molar-refractivity contribution < 1.29 is 8.78 Å². The fraction of sp³-hybridized carbons (Fsp3) is 0.154. The summed E-state index contributed by atoms with van der Waals surface area (Å²) in [5.41, 5.74) is 7.85. The number of anilines is 3. The highest BCUT2D eigenvalue weighted by molar-refractivity contribution is 6.36. The van der Waals surface area contributed by atoms with Crippen LogP contribution in [0.15, 0.2) is 67.0 Å². The highest BCUT2D eigenvalue weighted by atomic mass is 35.5. The molecule has 3 aromatic heterocycles. The largest absolute Gasteiger partial charge is 0.378 e. The lowest BCUT2D eigenvalue weighted by molar-refractivity contribution is 0.260. The number of halogens is 3. The van der Waals surface area contributed by atoms with Gasteiger partial charge in [-0.3, -0.25) is 15.0 Å². The standard InChI is InChI=1S/C26H19BClF2N9/c27-26(15-2-1-5-32-11-15,22-13-39(38-37-22)18-3-4-18)36-16-6-19-23(35-17-8-21(29)25(30)34-12-17)14(9-31)10-33-24(19)20(28)7-16/h1-2,5-8,10-13,18,36-38H,3-4H2,(H,33,35). The van der Waals surface area contributed by atoms with Gasteiger partial charge in [0.25, 0.3) is 0 Å². The molecule has 1 aromatic carbocycles. The number of hydrazine groups is 2. The Morgan fingerprint density at radius 3 is 2.72 bits per heavy atom. The smallest absolute Gasteiger partial charge is 0.249 e. The van der Waals surface area contributed by atoms with Crippen LogP contribution in [-0.2, 0) is 5.44 Å². The maximum atomic E-state index is 13.9. The molecule has 0 amide bonds. The first-order valence-corrected chi connectivity index (χ1v) is 12.3. The fourth-order valence-corrected chi connectivity index (χ4v) is 4.65. The van der Waals surface area contributed by atoms with Gasteiger partial charge in [-0.05, 0) is 36.6 Å². The zero-order chi connectivity index (χ0) is 27.1. The molecule has 1 unspecified atom stereocenters. The average Bonchev–Trinajstić information content (AvgIpc) is 3.67. The van der Waals surface area contributed by atoms with E-state index < -0.39 is 17.2 Å². The highest BCUT2D eigenvalue weighted by Gasteiger charge is 2.38. The number of fused-ring (bicyclic) bond motifs is 1. The number of nitrogens with zero attached hydrogens (tertiary/aromatic N) is 5. The molecule has 1 fully saturated rings. The Hall–Kier alpha value is -4.47. The topological polar surface area (TPSA) is 114 Å². The van der Waals surface area contributed by atoms with E-state index in [9.17, 15) is 14.0 Å². The summed E-state index contributed by atoms with van der Waals surface area (Å²) in [4.78, 5) is 12.0. The number of nitrogens with one attached hydrogen (secondary N) is 4. The molecule has 0 bridgehead atoms. The minimum atomic E-state index is -1.26. The van der Waals surface area contributed by atoms with Crippen molar-refractivity contribution in [3.63, 3.8) is 0 Å². The third-order valence-corrected chi connectivity index (χ3v) is 6.81. The van der Waals surface area contributed by atoms with E-state index in [1.165, 1.54) is 6.20 Å². The number of benzene rings is 1. The van der Waals surface area contributed by atoms with Crippen LogP contribution >= 0.6 is 11.6 Å². The Balaban J connectivity index is 1.45. The second-order valence-electron chi connectivity index (χ2n) is 9.23. The van der Waals surface area contributed by atoms with Gasteiger partial charge in [-0.2, -0.15) is 9.65 Å². The van der Waals surface area contributed by atoms with Crippen LogP contribution in [0.1, 0.15) is 24.0 Å². The molecule has 1 aliphatic carbocycles. The molecule has 4 N–H and O–H groups in total. The van der Waals surface area contributed by atoms with Gasteiger partial charge < -0.3 is 16.1 Å². The maximum Gasteiger partial charge on any atom is 0.249 e. The van der Waals surface area contributed by atoms with E-state index >= 15 is 0 Å². The van der Waals surface area contributed by atoms with Crippen molar-refractivity contribution in [3.8, 4) is 6.07 Å². The highest BCUT2D eigenvalue weighted by Crippen LogP contribution is 2.38. The number of hydrogen-bond acceptors (Lipinski definition) is 9. The molecule has 1 saturated carbocycles. The first kappa shape index (κ1) is 24.8. The number of rotatable bonds is 7. The lowest BCUT2D eigenvalue weighted by atomic mass is 9.70. The van der Waals surface area contributed by atoms with E-state index in [0.29, 0.717) is 39.6 Å². The van der Waals surface area contributed by atoms with E-state index in [1.54, 1.807) is 30.6 Å². The van der Waals surface area contributed by atoms with Crippen molar-refractivity contribution in [3.05, 3.63) is 94.9 Å². The Morgan fingerprint density at radius 2 is 2.00 bits per heavy atom.